The molecule has 0 aromatic heterocycles. The monoisotopic (exact) mass is 259 g/mol. The Hall–Kier alpha value is -0.930. The fourth-order valence-corrected chi connectivity index (χ4v) is 1.83. The van der Waals surface area contributed by atoms with Crippen LogP contribution in [0.25, 0.3) is 0 Å². The lowest BCUT2D eigenvalue weighted by Gasteiger charge is -2.09. The van der Waals surface area contributed by atoms with E-state index in [9.17, 15) is 4.79 Å². The summed E-state index contributed by atoms with van der Waals surface area (Å²) in [5.41, 5.74) is 0.388. The highest BCUT2D eigenvalue weighted by Crippen LogP contribution is 2.31. The summed E-state index contributed by atoms with van der Waals surface area (Å²) >= 11 is 11.9. The number of carbonyl (C=O) groups is 1. The van der Waals surface area contributed by atoms with Gasteiger partial charge in [0, 0.05) is 12.1 Å². The summed E-state index contributed by atoms with van der Waals surface area (Å²) in [6.07, 6.45) is 2.07. The summed E-state index contributed by atoms with van der Waals surface area (Å²) in [4.78, 5) is 11.8. The van der Waals surface area contributed by atoms with Crippen LogP contribution in [-0.4, -0.2) is 19.1 Å². The first-order chi connectivity index (χ1) is 7.61. The Balaban J connectivity index is 2.25. The van der Waals surface area contributed by atoms with Gasteiger partial charge in [0.15, 0.2) is 0 Å². The molecule has 3 nitrogen and oxygen atoms in total. The van der Waals surface area contributed by atoms with Crippen LogP contribution < -0.4 is 10.1 Å². The predicted octanol–water partition coefficient (Wildman–Crippen LogP) is 2.89. The Bertz CT molecular complexity index is 430. The van der Waals surface area contributed by atoms with E-state index in [0.29, 0.717) is 27.4 Å². The van der Waals surface area contributed by atoms with Crippen LogP contribution in [0.15, 0.2) is 12.1 Å². The van der Waals surface area contributed by atoms with Crippen LogP contribution in [0.2, 0.25) is 10.0 Å². The molecule has 1 saturated carbocycles. The Morgan fingerprint density at radius 3 is 2.62 bits per heavy atom. The van der Waals surface area contributed by atoms with Gasteiger partial charge in [-0.3, -0.25) is 4.79 Å². The summed E-state index contributed by atoms with van der Waals surface area (Å²) in [5, 5.41) is 3.58. The average Bonchev–Trinajstić information content (AvgIpc) is 3.04. The summed E-state index contributed by atoms with van der Waals surface area (Å²) in [6.45, 7) is 0. The SMILES string of the molecule is COc1cc(Cl)c(C(=O)NC2CC2)cc1Cl. The number of amides is 1. The second kappa shape index (κ2) is 4.52. The van der Waals surface area contributed by atoms with Gasteiger partial charge < -0.3 is 10.1 Å². The van der Waals surface area contributed by atoms with Gasteiger partial charge in [0.25, 0.3) is 5.91 Å². The van der Waals surface area contributed by atoms with Gasteiger partial charge in [-0.2, -0.15) is 0 Å². The van der Waals surface area contributed by atoms with Crippen molar-refractivity contribution >= 4 is 29.1 Å². The van der Waals surface area contributed by atoms with Gasteiger partial charge in [0.1, 0.15) is 5.75 Å². The van der Waals surface area contributed by atoms with E-state index in [1.165, 1.54) is 13.2 Å². The standard InChI is InChI=1S/C11H11Cl2NO2/c1-16-10-5-8(12)7(4-9(10)13)11(15)14-6-2-3-6/h4-6H,2-3H2,1H3,(H,14,15). The highest BCUT2D eigenvalue weighted by Gasteiger charge is 2.25. The fraction of sp³-hybridized carbons (Fsp3) is 0.364. The highest BCUT2D eigenvalue weighted by atomic mass is 35.5. The van der Waals surface area contributed by atoms with Gasteiger partial charge in [-0.05, 0) is 18.9 Å². The molecule has 5 heteroatoms. The van der Waals surface area contributed by atoms with Crippen LogP contribution in [0.5, 0.6) is 5.75 Å². The van der Waals surface area contributed by atoms with Crippen LogP contribution >= 0.6 is 23.2 Å². The van der Waals surface area contributed by atoms with Gasteiger partial charge in [-0.25, -0.2) is 0 Å². The lowest BCUT2D eigenvalue weighted by molar-refractivity contribution is 0.0951. The van der Waals surface area contributed by atoms with Crippen molar-refractivity contribution in [1.82, 2.24) is 5.32 Å². The van der Waals surface area contributed by atoms with Gasteiger partial charge in [0.05, 0.1) is 22.7 Å². The third-order valence-electron chi connectivity index (χ3n) is 2.40. The predicted molar refractivity (Wildman–Crippen MR) is 63.5 cm³/mol. The molecule has 1 amide bonds. The van der Waals surface area contributed by atoms with E-state index < -0.39 is 0 Å². The van der Waals surface area contributed by atoms with Gasteiger partial charge in [-0.1, -0.05) is 23.2 Å². The van der Waals surface area contributed by atoms with Crippen molar-refractivity contribution in [1.29, 1.82) is 0 Å². The van der Waals surface area contributed by atoms with Crippen molar-refractivity contribution < 1.29 is 9.53 Å². The molecular formula is C11H11Cl2NO2. The topological polar surface area (TPSA) is 38.3 Å². The van der Waals surface area contributed by atoms with E-state index in [0.717, 1.165) is 12.8 Å². The van der Waals surface area contributed by atoms with Crippen molar-refractivity contribution in [3.63, 3.8) is 0 Å². The van der Waals surface area contributed by atoms with Crippen molar-refractivity contribution in [3.8, 4) is 5.75 Å². The summed E-state index contributed by atoms with van der Waals surface area (Å²) in [7, 11) is 1.50. The first-order valence-corrected chi connectivity index (χ1v) is 5.71. The molecule has 0 atom stereocenters. The zero-order chi connectivity index (χ0) is 11.7. The Labute approximate surface area is 104 Å². The minimum absolute atomic E-state index is 0.183. The number of carbonyl (C=O) groups excluding carboxylic acids is 1. The molecule has 0 aliphatic heterocycles. The zero-order valence-corrected chi connectivity index (χ0v) is 10.2. The van der Waals surface area contributed by atoms with E-state index in [1.54, 1.807) is 6.07 Å². The average molecular weight is 260 g/mol. The number of hydrogen-bond acceptors (Lipinski definition) is 2. The van der Waals surface area contributed by atoms with Gasteiger partial charge in [-0.15, -0.1) is 0 Å². The quantitative estimate of drug-likeness (QED) is 0.907. The molecular weight excluding hydrogens is 249 g/mol. The molecule has 1 N–H and O–H groups in total. The normalized spacial score (nSPS) is 14.7. The lowest BCUT2D eigenvalue weighted by atomic mass is 10.2. The van der Waals surface area contributed by atoms with Crippen LogP contribution in [0, 0.1) is 0 Å². The molecule has 0 radical (unpaired) electrons. The van der Waals surface area contributed by atoms with Crippen LogP contribution in [0.4, 0.5) is 0 Å². The van der Waals surface area contributed by atoms with E-state index in [4.69, 9.17) is 27.9 Å². The maximum atomic E-state index is 11.8. The molecule has 86 valence electrons. The molecule has 1 fully saturated rings. The molecule has 0 heterocycles. The van der Waals surface area contributed by atoms with E-state index >= 15 is 0 Å². The number of benzene rings is 1. The molecule has 0 unspecified atom stereocenters. The molecule has 1 aliphatic carbocycles. The number of halogens is 2. The molecule has 0 saturated heterocycles. The minimum Gasteiger partial charge on any atom is -0.495 e. The Kier molecular flexibility index (Phi) is 3.26. The zero-order valence-electron chi connectivity index (χ0n) is 8.72. The molecule has 1 aliphatic rings. The maximum absolute atomic E-state index is 11.8. The van der Waals surface area contributed by atoms with Crippen molar-refractivity contribution in [2.75, 3.05) is 7.11 Å². The molecule has 2 rings (SSSR count). The Morgan fingerprint density at radius 1 is 1.38 bits per heavy atom. The number of hydrogen-bond donors (Lipinski definition) is 1. The molecule has 1 aromatic rings. The van der Waals surface area contributed by atoms with Crippen LogP contribution in [0.1, 0.15) is 23.2 Å². The van der Waals surface area contributed by atoms with Gasteiger partial charge >= 0.3 is 0 Å². The molecule has 1 aromatic carbocycles. The summed E-state index contributed by atoms with van der Waals surface area (Å²) in [6, 6.07) is 3.37. The molecule has 0 spiro atoms. The third kappa shape index (κ3) is 2.42. The number of rotatable bonds is 3. The second-order valence-electron chi connectivity index (χ2n) is 3.71. The largest absolute Gasteiger partial charge is 0.495 e. The number of ether oxygens (including phenoxy) is 1. The number of nitrogens with one attached hydrogen (secondary N) is 1. The first-order valence-electron chi connectivity index (χ1n) is 4.95. The maximum Gasteiger partial charge on any atom is 0.253 e. The summed E-state index contributed by atoms with van der Waals surface area (Å²) in [5.74, 6) is 0.284. The van der Waals surface area contributed by atoms with E-state index in [1.807, 2.05) is 0 Å². The fourth-order valence-electron chi connectivity index (χ4n) is 1.35. The van der Waals surface area contributed by atoms with Crippen LogP contribution in [-0.2, 0) is 0 Å². The van der Waals surface area contributed by atoms with Crippen molar-refractivity contribution in [2.45, 2.75) is 18.9 Å². The highest BCUT2D eigenvalue weighted by molar-refractivity contribution is 6.36. The molecule has 0 bridgehead atoms. The first kappa shape index (κ1) is 11.6. The smallest absolute Gasteiger partial charge is 0.253 e. The van der Waals surface area contributed by atoms with Crippen molar-refractivity contribution in [2.24, 2.45) is 0 Å². The van der Waals surface area contributed by atoms with E-state index in [-0.39, 0.29) is 5.91 Å². The third-order valence-corrected chi connectivity index (χ3v) is 3.01. The van der Waals surface area contributed by atoms with Crippen LogP contribution in [0.3, 0.4) is 0 Å². The second-order valence-corrected chi connectivity index (χ2v) is 4.53. The van der Waals surface area contributed by atoms with Crippen molar-refractivity contribution in [3.05, 3.63) is 27.7 Å². The molecule has 16 heavy (non-hydrogen) atoms. The lowest BCUT2D eigenvalue weighted by Crippen LogP contribution is -2.25. The number of methoxy groups -OCH3 is 1. The Morgan fingerprint density at radius 2 is 2.06 bits per heavy atom. The minimum atomic E-state index is -0.183. The van der Waals surface area contributed by atoms with E-state index in [2.05, 4.69) is 5.32 Å². The van der Waals surface area contributed by atoms with Gasteiger partial charge in [0.2, 0.25) is 0 Å². The summed E-state index contributed by atoms with van der Waals surface area (Å²) < 4.78 is 5.01.